The van der Waals surface area contributed by atoms with E-state index in [0.29, 0.717) is 5.15 Å². The van der Waals surface area contributed by atoms with Gasteiger partial charge in [0.2, 0.25) is 0 Å². The Bertz CT molecular complexity index is 256. The van der Waals surface area contributed by atoms with Crippen LogP contribution in [0.1, 0.15) is 5.82 Å². The molecule has 1 rings (SSSR count). The first-order valence-electron chi connectivity index (χ1n) is 2.90. The molecule has 0 aromatic carbocycles. The molecule has 5 heteroatoms. The molecule has 1 aromatic rings. The van der Waals surface area contributed by atoms with Gasteiger partial charge in [0, 0.05) is 6.20 Å². The largest absolute Gasteiger partial charge is 0.239 e. The third kappa shape index (κ3) is 2.61. The SMILES string of the molecule is CSCc1ncc(Br)c(Cl)n1. The molecule has 0 radical (unpaired) electrons. The summed E-state index contributed by atoms with van der Waals surface area (Å²) in [6, 6.07) is 0. The zero-order valence-corrected chi connectivity index (χ0v) is 9.00. The summed E-state index contributed by atoms with van der Waals surface area (Å²) in [5, 5.41) is 0.476. The Morgan fingerprint density at radius 3 is 3.00 bits per heavy atom. The maximum Gasteiger partial charge on any atom is 0.146 e. The van der Waals surface area contributed by atoms with E-state index in [2.05, 4.69) is 25.9 Å². The zero-order chi connectivity index (χ0) is 8.27. The minimum Gasteiger partial charge on any atom is -0.239 e. The highest BCUT2D eigenvalue weighted by Gasteiger charge is 2.00. The zero-order valence-electron chi connectivity index (χ0n) is 5.84. The number of hydrogen-bond acceptors (Lipinski definition) is 3. The number of thioether (sulfide) groups is 1. The van der Waals surface area contributed by atoms with Gasteiger partial charge in [-0.1, -0.05) is 11.6 Å². The summed E-state index contributed by atoms with van der Waals surface area (Å²) in [5.41, 5.74) is 0. The summed E-state index contributed by atoms with van der Waals surface area (Å²) in [5.74, 6) is 1.57. The van der Waals surface area contributed by atoms with E-state index in [0.717, 1.165) is 16.0 Å². The normalized spacial score (nSPS) is 10.1. The van der Waals surface area contributed by atoms with E-state index in [4.69, 9.17) is 11.6 Å². The van der Waals surface area contributed by atoms with E-state index in [-0.39, 0.29) is 0 Å². The van der Waals surface area contributed by atoms with Crippen molar-refractivity contribution in [3.05, 3.63) is 21.6 Å². The summed E-state index contributed by atoms with van der Waals surface area (Å²) in [6.45, 7) is 0. The highest BCUT2D eigenvalue weighted by Crippen LogP contribution is 2.18. The van der Waals surface area contributed by atoms with Crippen molar-refractivity contribution < 1.29 is 0 Å². The summed E-state index contributed by atoms with van der Waals surface area (Å²) in [4.78, 5) is 8.11. The van der Waals surface area contributed by atoms with Crippen molar-refractivity contribution in [1.82, 2.24) is 9.97 Å². The minimum absolute atomic E-state index is 0.476. The van der Waals surface area contributed by atoms with Crippen LogP contribution >= 0.6 is 39.3 Å². The molecule has 0 amide bonds. The van der Waals surface area contributed by atoms with Crippen molar-refractivity contribution in [1.29, 1.82) is 0 Å². The molecule has 0 bridgehead atoms. The standard InChI is InChI=1S/C6H6BrClN2S/c1-11-3-5-9-2-4(7)6(8)10-5/h2H,3H2,1H3. The number of aromatic nitrogens is 2. The van der Waals surface area contributed by atoms with E-state index in [9.17, 15) is 0 Å². The number of nitrogens with zero attached hydrogens (tertiary/aromatic N) is 2. The smallest absolute Gasteiger partial charge is 0.146 e. The molecule has 2 nitrogen and oxygen atoms in total. The van der Waals surface area contributed by atoms with E-state index in [1.165, 1.54) is 0 Å². The van der Waals surface area contributed by atoms with Gasteiger partial charge >= 0.3 is 0 Å². The van der Waals surface area contributed by atoms with Crippen LogP contribution in [0.3, 0.4) is 0 Å². The average molecular weight is 254 g/mol. The Labute approximate surface area is 82.9 Å². The van der Waals surface area contributed by atoms with Crippen molar-refractivity contribution in [2.45, 2.75) is 5.75 Å². The Hall–Kier alpha value is 0.200. The maximum atomic E-state index is 5.74. The molecule has 0 N–H and O–H groups in total. The van der Waals surface area contributed by atoms with E-state index in [1.54, 1.807) is 18.0 Å². The van der Waals surface area contributed by atoms with Gasteiger partial charge in [-0.15, -0.1) is 0 Å². The van der Waals surface area contributed by atoms with Crippen LogP contribution in [-0.4, -0.2) is 16.2 Å². The molecule has 0 spiro atoms. The van der Waals surface area contributed by atoms with Crippen LogP contribution in [0.5, 0.6) is 0 Å². The molecule has 1 aromatic heterocycles. The van der Waals surface area contributed by atoms with Crippen LogP contribution in [0.25, 0.3) is 0 Å². The van der Waals surface area contributed by atoms with Crippen molar-refractivity contribution >= 4 is 39.3 Å². The summed E-state index contributed by atoms with van der Waals surface area (Å²) < 4.78 is 0.740. The predicted octanol–water partition coefficient (Wildman–Crippen LogP) is 2.76. The van der Waals surface area contributed by atoms with Crippen LogP contribution < -0.4 is 0 Å². The second-order valence-corrected chi connectivity index (χ2v) is 3.94. The Morgan fingerprint density at radius 2 is 2.45 bits per heavy atom. The van der Waals surface area contributed by atoms with Crippen LogP contribution in [0.4, 0.5) is 0 Å². The molecule has 0 fully saturated rings. The highest BCUT2D eigenvalue weighted by molar-refractivity contribution is 9.10. The van der Waals surface area contributed by atoms with Crippen LogP contribution in [0.15, 0.2) is 10.7 Å². The molecule has 11 heavy (non-hydrogen) atoms. The van der Waals surface area contributed by atoms with Crippen molar-refractivity contribution in [3.8, 4) is 0 Å². The van der Waals surface area contributed by atoms with Gasteiger partial charge in [-0.25, -0.2) is 9.97 Å². The van der Waals surface area contributed by atoms with Gasteiger partial charge in [0.15, 0.2) is 0 Å². The fraction of sp³-hybridized carbons (Fsp3) is 0.333. The van der Waals surface area contributed by atoms with Gasteiger partial charge in [0.25, 0.3) is 0 Å². The van der Waals surface area contributed by atoms with Gasteiger partial charge in [-0.2, -0.15) is 11.8 Å². The van der Waals surface area contributed by atoms with Gasteiger partial charge in [0.1, 0.15) is 11.0 Å². The second-order valence-electron chi connectivity index (χ2n) is 1.86. The Kier molecular flexibility index (Phi) is 3.62. The molecule has 1 heterocycles. The van der Waals surface area contributed by atoms with Crippen molar-refractivity contribution in [3.63, 3.8) is 0 Å². The lowest BCUT2D eigenvalue weighted by atomic mass is 10.6. The second kappa shape index (κ2) is 4.28. The molecule has 0 unspecified atom stereocenters. The lowest BCUT2D eigenvalue weighted by Crippen LogP contribution is -1.91. The molecular weight excluding hydrogens is 248 g/mol. The van der Waals surface area contributed by atoms with Gasteiger partial charge < -0.3 is 0 Å². The van der Waals surface area contributed by atoms with E-state index < -0.39 is 0 Å². The van der Waals surface area contributed by atoms with Crippen LogP contribution in [-0.2, 0) is 5.75 Å². The van der Waals surface area contributed by atoms with E-state index >= 15 is 0 Å². The van der Waals surface area contributed by atoms with Gasteiger partial charge in [-0.3, -0.25) is 0 Å². The third-order valence-electron chi connectivity index (χ3n) is 1.02. The number of halogens is 2. The fourth-order valence-electron chi connectivity index (χ4n) is 0.579. The Morgan fingerprint density at radius 1 is 1.73 bits per heavy atom. The predicted molar refractivity (Wildman–Crippen MR) is 52.0 cm³/mol. The first kappa shape index (κ1) is 9.29. The monoisotopic (exact) mass is 252 g/mol. The molecule has 0 saturated heterocycles. The van der Waals surface area contributed by atoms with Crippen molar-refractivity contribution in [2.24, 2.45) is 0 Å². The van der Waals surface area contributed by atoms with E-state index in [1.807, 2.05) is 6.26 Å². The average Bonchev–Trinajstić information content (AvgIpc) is 1.98. The van der Waals surface area contributed by atoms with Crippen LogP contribution in [0, 0.1) is 0 Å². The Balaban J connectivity index is 2.86. The molecular formula is C6H6BrClN2S. The molecule has 0 aliphatic carbocycles. The fourth-order valence-corrected chi connectivity index (χ4v) is 1.31. The van der Waals surface area contributed by atoms with Gasteiger partial charge in [-0.05, 0) is 22.2 Å². The molecule has 0 aliphatic rings. The van der Waals surface area contributed by atoms with Gasteiger partial charge in [0.05, 0.1) is 10.2 Å². The summed E-state index contributed by atoms with van der Waals surface area (Å²) in [7, 11) is 0. The molecule has 0 aliphatic heterocycles. The minimum atomic E-state index is 0.476. The molecule has 0 atom stereocenters. The topological polar surface area (TPSA) is 25.8 Å². The lowest BCUT2D eigenvalue weighted by Gasteiger charge is -1.97. The summed E-state index contributed by atoms with van der Waals surface area (Å²) >= 11 is 10.6. The quantitative estimate of drug-likeness (QED) is 0.758. The van der Waals surface area contributed by atoms with Crippen molar-refractivity contribution in [2.75, 3.05) is 6.26 Å². The third-order valence-corrected chi connectivity index (χ3v) is 2.67. The molecule has 0 saturated carbocycles. The number of rotatable bonds is 2. The first-order chi connectivity index (χ1) is 5.24. The maximum absolute atomic E-state index is 5.74. The lowest BCUT2D eigenvalue weighted by molar-refractivity contribution is 1.03. The summed E-state index contributed by atoms with van der Waals surface area (Å²) in [6.07, 6.45) is 3.67. The van der Waals surface area contributed by atoms with Crippen LogP contribution in [0.2, 0.25) is 5.15 Å². The highest BCUT2D eigenvalue weighted by atomic mass is 79.9. The molecule has 60 valence electrons. The first-order valence-corrected chi connectivity index (χ1v) is 5.46. The number of hydrogen-bond donors (Lipinski definition) is 0.